The van der Waals surface area contributed by atoms with Crippen molar-refractivity contribution in [2.24, 2.45) is 4.99 Å². The molecule has 0 saturated heterocycles. The number of ether oxygens (including phenoxy) is 1. The van der Waals surface area contributed by atoms with Crippen LogP contribution in [0.25, 0.3) is 0 Å². The predicted molar refractivity (Wildman–Crippen MR) is 129 cm³/mol. The number of carbonyl (C=O) groups excluding carboxylic acids is 2. The summed E-state index contributed by atoms with van der Waals surface area (Å²) in [6, 6.07) is 11.4. The molecule has 0 fully saturated rings. The molecule has 1 unspecified atom stereocenters. The van der Waals surface area contributed by atoms with E-state index in [1.165, 1.54) is 18.9 Å². The van der Waals surface area contributed by atoms with Crippen LogP contribution in [0.1, 0.15) is 42.5 Å². The van der Waals surface area contributed by atoms with Crippen molar-refractivity contribution in [1.82, 2.24) is 15.2 Å². The Hall–Kier alpha value is -3.39. The Balaban J connectivity index is 1.63. The van der Waals surface area contributed by atoms with Gasteiger partial charge in [-0.15, -0.1) is 0 Å². The minimum absolute atomic E-state index is 0.112. The summed E-state index contributed by atoms with van der Waals surface area (Å²) < 4.78 is 5.15. The molecule has 1 N–H and O–H groups in total. The van der Waals surface area contributed by atoms with Gasteiger partial charge in [-0.25, -0.2) is 9.79 Å². The van der Waals surface area contributed by atoms with Crippen molar-refractivity contribution in [1.29, 1.82) is 0 Å². The average Bonchev–Trinajstić information content (AvgIpc) is 3.24. The van der Waals surface area contributed by atoms with Gasteiger partial charge < -0.3 is 15.0 Å². The number of rotatable bonds is 7. The molecule has 1 amide bonds. The van der Waals surface area contributed by atoms with Crippen LogP contribution in [0.3, 0.4) is 0 Å². The number of hydrogen-bond donors (Lipinski definition) is 1. The number of nitrogens with one attached hydrogen (secondary N) is 1. The predicted octanol–water partition coefficient (Wildman–Crippen LogP) is 4.23. The highest BCUT2D eigenvalue weighted by atomic mass is 32.2. The van der Waals surface area contributed by atoms with Crippen LogP contribution in [0.15, 0.2) is 76.2 Å². The second-order valence-electron chi connectivity index (χ2n) is 7.82. The zero-order chi connectivity index (χ0) is 23.4. The van der Waals surface area contributed by atoms with Crippen LogP contribution in [0.5, 0.6) is 0 Å². The monoisotopic (exact) mass is 462 g/mol. The Labute approximate surface area is 197 Å². The first-order chi connectivity index (χ1) is 16.0. The van der Waals surface area contributed by atoms with E-state index in [0.29, 0.717) is 24.2 Å². The van der Waals surface area contributed by atoms with Gasteiger partial charge in [0, 0.05) is 24.6 Å². The van der Waals surface area contributed by atoms with E-state index in [1.54, 1.807) is 12.4 Å². The maximum Gasteiger partial charge on any atom is 0.338 e. The number of esters is 1. The van der Waals surface area contributed by atoms with Crippen LogP contribution < -0.4 is 5.32 Å². The number of nitrogens with zero attached hydrogens (tertiary/aromatic N) is 3. The number of aliphatic imine (C=N–C) groups is 1. The number of thioether (sulfide) groups is 1. The second-order valence-corrected chi connectivity index (χ2v) is 8.66. The van der Waals surface area contributed by atoms with Crippen LogP contribution >= 0.6 is 11.8 Å². The number of aryl methyl sites for hydroxylation is 1. The topological polar surface area (TPSA) is 83.9 Å². The molecule has 7 nitrogen and oxygen atoms in total. The molecule has 33 heavy (non-hydrogen) atoms. The number of carbonyl (C=O) groups is 2. The van der Waals surface area contributed by atoms with E-state index in [-0.39, 0.29) is 12.3 Å². The highest BCUT2D eigenvalue weighted by Crippen LogP contribution is 2.45. The van der Waals surface area contributed by atoms with Crippen LogP contribution in [0, 0.1) is 6.92 Å². The average molecular weight is 463 g/mol. The molecule has 2 aliphatic heterocycles. The van der Waals surface area contributed by atoms with Crippen LogP contribution in [0.2, 0.25) is 0 Å². The SMILES string of the molecule is CCC1=C(C(=O)OC)C(c2ccc(C)cc2)N2C(CC(=O)NCc3cccnc3)=CSC2=N1. The van der Waals surface area contributed by atoms with Crippen LogP contribution in [0.4, 0.5) is 0 Å². The number of amides is 1. The lowest BCUT2D eigenvalue weighted by Gasteiger charge is -2.36. The van der Waals surface area contributed by atoms with Gasteiger partial charge in [-0.05, 0) is 35.9 Å². The lowest BCUT2D eigenvalue weighted by atomic mass is 9.92. The molecular weight excluding hydrogens is 436 g/mol. The number of allylic oxidation sites excluding steroid dienone is 1. The fraction of sp³-hybridized carbons (Fsp3) is 0.280. The summed E-state index contributed by atoms with van der Waals surface area (Å²) in [7, 11) is 1.38. The maximum absolute atomic E-state index is 12.9. The minimum atomic E-state index is -0.409. The van der Waals surface area contributed by atoms with Crippen molar-refractivity contribution < 1.29 is 14.3 Å². The zero-order valence-corrected chi connectivity index (χ0v) is 19.7. The fourth-order valence-electron chi connectivity index (χ4n) is 3.91. The van der Waals surface area contributed by atoms with Gasteiger partial charge in [-0.3, -0.25) is 9.78 Å². The summed E-state index contributed by atoms with van der Waals surface area (Å²) in [6.07, 6.45) is 4.20. The van der Waals surface area contributed by atoms with Crippen LogP contribution in [-0.4, -0.2) is 34.0 Å². The molecule has 1 atom stereocenters. The van der Waals surface area contributed by atoms with Gasteiger partial charge in [0.25, 0.3) is 0 Å². The Kier molecular flexibility index (Phi) is 6.93. The number of aromatic nitrogens is 1. The van der Waals surface area contributed by atoms with Crippen molar-refractivity contribution in [3.8, 4) is 0 Å². The molecule has 0 radical (unpaired) electrons. The second kappa shape index (κ2) is 10.0. The van der Waals surface area contributed by atoms with Gasteiger partial charge in [0.15, 0.2) is 5.17 Å². The first-order valence-corrected chi connectivity index (χ1v) is 11.7. The fourth-order valence-corrected chi connectivity index (χ4v) is 4.84. The molecule has 0 aliphatic carbocycles. The van der Waals surface area contributed by atoms with Crippen molar-refractivity contribution in [2.75, 3.05) is 7.11 Å². The summed E-state index contributed by atoms with van der Waals surface area (Å²) in [4.78, 5) is 36.5. The number of benzene rings is 1. The van der Waals surface area contributed by atoms with Gasteiger partial charge in [-0.1, -0.05) is 54.6 Å². The molecular formula is C25H26N4O3S. The lowest BCUT2D eigenvalue weighted by molar-refractivity contribution is -0.136. The smallest absolute Gasteiger partial charge is 0.338 e. The zero-order valence-electron chi connectivity index (χ0n) is 18.9. The van der Waals surface area contributed by atoms with E-state index >= 15 is 0 Å². The molecule has 4 rings (SSSR count). The van der Waals surface area contributed by atoms with Crippen LogP contribution in [-0.2, 0) is 20.9 Å². The number of methoxy groups -OCH3 is 1. The first kappa shape index (κ1) is 22.8. The Morgan fingerprint density at radius 3 is 2.67 bits per heavy atom. The molecule has 8 heteroatoms. The van der Waals surface area contributed by atoms with Gasteiger partial charge in [0.1, 0.15) is 0 Å². The molecule has 170 valence electrons. The quantitative estimate of drug-likeness (QED) is 0.620. The van der Waals surface area contributed by atoms with E-state index < -0.39 is 12.0 Å². The van der Waals surface area contributed by atoms with Crippen molar-refractivity contribution in [3.63, 3.8) is 0 Å². The minimum Gasteiger partial charge on any atom is -0.466 e. The number of pyridine rings is 1. The number of amidine groups is 1. The third-order valence-electron chi connectivity index (χ3n) is 5.58. The summed E-state index contributed by atoms with van der Waals surface area (Å²) in [5.41, 5.74) is 5.03. The van der Waals surface area contributed by atoms with E-state index in [4.69, 9.17) is 9.73 Å². The Morgan fingerprint density at radius 2 is 2.00 bits per heavy atom. The maximum atomic E-state index is 12.9. The first-order valence-electron chi connectivity index (χ1n) is 10.8. The third-order valence-corrected chi connectivity index (χ3v) is 6.47. The highest BCUT2D eigenvalue weighted by molar-refractivity contribution is 8.16. The Morgan fingerprint density at radius 1 is 1.21 bits per heavy atom. The molecule has 0 bridgehead atoms. The molecule has 0 saturated carbocycles. The molecule has 0 spiro atoms. The third kappa shape index (κ3) is 4.85. The summed E-state index contributed by atoms with van der Waals surface area (Å²) in [6.45, 7) is 4.41. The van der Waals surface area contributed by atoms with E-state index in [2.05, 4.69) is 10.3 Å². The van der Waals surface area contributed by atoms with Gasteiger partial charge >= 0.3 is 5.97 Å². The van der Waals surface area contributed by atoms with Crippen molar-refractivity contribution in [3.05, 3.63) is 87.9 Å². The van der Waals surface area contributed by atoms with Crippen molar-refractivity contribution in [2.45, 2.75) is 39.3 Å². The molecule has 3 heterocycles. The number of hydrogen-bond acceptors (Lipinski definition) is 7. The van der Waals surface area contributed by atoms with Crippen molar-refractivity contribution >= 4 is 28.8 Å². The van der Waals surface area contributed by atoms with Gasteiger partial charge in [0.2, 0.25) is 5.91 Å². The lowest BCUT2D eigenvalue weighted by Crippen LogP contribution is -2.38. The largest absolute Gasteiger partial charge is 0.466 e. The molecule has 1 aromatic heterocycles. The van der Waals surface area contributed by atoms with E-state index in [0.717, 1.165) is 27.6 Å². The standard InChI is InChI=1S/C25H26N4O3S/c1-4-20-22(24(31)32-3)23(18-9-7-16(2)8-10-18)29-19(15-33-25(29)28-20)12-21(30)27-14-17-6-5-11-26-13-17/h5-11,13,15,23H,4,12,14H2,1-3H3,(H,27,30). The summed E-state index contributed by atoms with van der Waals surface area (Å²) in [5.74, 6) is -0.517. The van der Waals surface area contributed by atoms with E-state index in [1.807, 2.05) is 60.6 Å². The summed E-state index contributed by atoms with van der Waals surface area (Å²) in [5, 5.41) is 5.65. The highest BCUT2D eigenvalue weighted by Gasteiger charge is 2.41. The van der Waals surface area contributed by atoms with Gasteiger partial charge in [0.05, 0.1) is 30.8 Å². The molecule has 2 aromatic rings. The summed E-state index contributed by atoms with van der Waals surface area (Å²) >= 11 is 1.47. The molecule has 1 aromatic carbocycles. The van der Waals surface area contributed by atoms with Gasteiger partial charge in [-0.2, -0.15) is 0 Å². The molecule has 2 aliphatic rings. The normalized spacial score (nSPS) is 17.3. The van der Waals surface area contributed by atoms with E-state index in [9.17, 15) is 9.59 Å². The Bertz CT molecular complexity index is 1140. The number of fused-ring (bicyclic) bond motifs is 1.